The SMILES string of the molecule is c1c[nH]c(CCCNC2CCC3(CCCC3)CC2)n1. The standard InChI is InChI=1S/C16H27N3/c1-2-8-16(7-1)9-5-14(6-10-16)17-11-3-4-15-18-12-13-19-15/h12-14,17H,1-11H2,(H,18,19). The van der Waals surface area contributed by atoms with Gasteiger partial charge in [0.15, 0.2) is 0 Å². The summed E-state index contributed by atoms with van der Waals surface area (Å²) >= 11 is 0. The minimum Gasteiger partial charge on any atom is -0.349 e. The number of rotatable bonds is 5. The van der Waals surface area contributed by atoms with Gasteiger partial charge in [-0.25, -0.2) is 4.98 Å². The lowest BCUT2D eigenvalue weighted by atomic mass is 9.71. The topological polar surface area (TPSA) is 40.7 Å². The normalized spacial score (nSPS) is 23.2. The van der Waals surface area contributed by atoms with Crippen LogP contribution in [0.1, 0.15) is 63.6 Å². The average molecular weight is 261 g/mol. The highest BCUT2D eigenvalue weighted by atomic mass is 14.9. The van der Waals surface area contributed by atoms with Crippen LogP contribution in [0.2, 0.25) is 0 Å². The third kappa shape index (κ3) is 3.38. The van der Waals surface area contributed by atoms with Crippen LogP contribution in [0.5, 0.6) is 0 Å². The molecule has 3 rings (SSSR count). The number of H-pyrrole nitrogens is 1. The van der Waals surface area contributed by atoms with E-state index in [0.717, 1.165) is 30.2 Å². The maximum Gasteiger partial charge on any atom is 0.106 e. The number of imidazole rings is 1. The Morgan fingerprint density at radius 3 is 2.68 bits per heavy atom. The number of nitrogens with zero attached hydrogens (tertiary/aromatic N) is 1. The second-order valence-corrected chi connectivity index (χ2v) is 6.57. The summed E-state index contributed by atoms with van der Waals surface area (Å²) in [5.41, 5.74) is 0.770. The van der Waals surface area contributed by atoms with Gasteiger partial charge in [0.25, 0.3) is 0 Å². The fourth-order valence-corrected chi connectivity index (χ4v) is 4.06. The zero-order valence-corrected chi connectivity index (χ0v) is 12.0. The molecule has 1 heterocycles. The zero-order valence-electron chi connectivity index (χ0n) is 12.0. The quantitative estimate of drug-likeness (QED) is 0.797. The van der Waals surface area contributed by atoms with Crippen LogP contribution in [0, 0.1) is 5.41 Å². The molecule has 19 heavy (non-hydrogen) atoms. The molecule has 3 nitrogen and oxygen atoms in total. The summed E-state index contributed by atoms with van der Waals surface area (Å²) in [6.07, 6.45) is 17.8. The van der Waals surface area contributed by atoms with Crippen molar-refractivity contribution in [3.63, 3.8) is 0 Å². The molecule has 2 N–H and O–H groups in total. The summed E-state index contributed by atoms with van der Waals surface area (Å²) in [5, 5.41) is 3.75. The van der Waals surface area contributed by atoms with Gasteiger partial charge in [0.1, 0.15) is 5.82 Å². The van der Waals surface area contributed by atoms with E-state index in [1.165, 1.54) is 57.8 Å². The Balaban J connectivity index is 1.31. The number of hydrogen-bond acceptors (Lipinski definition) is 2. The molecule has 0 aliphatic heterocycles. The van der Waals surface area contributed by atoms with Gasteiger partial charge in [0, 0.05) is 24.9 Å². The first kappa shape index (κ1) is 13.2. The Labute approximate surface area is 116 Å². The fourth-order valence-electron chi connectivity index (χ4n) is 4.06. The van der Waals surface area contributed by atoms with Crippen molar-refractivity contribution in [3.05, 3.63) is 18.2 Å². The minimum atomic E-state index is 0.770. The largest absolute Gasteiger partial charge is 0.349 e. The Bertz CT molecular complexity index is 355. The summed E-state index contributed by atoms with van der Waals surface area (Å²) in [6.45, 7) is 1.14. The third-order valence-corrected chi connectivity index (χ3v) is 5.29. The van der Waals surface area contributed by atoms with E-state index in [4.69, 9.17) is 0 Å². The predicted molar refractivity (Wildman–Crippen MR) is 78.1 cm³/mol. The molecule has 2 aliphatic carbocycles. The molecule has 2 aliphatic rings. The maximum atomic E-state index is 4.27. The van der Waals surface area contributed by atoms with E-state index >= 15 is 0 Å². The first-order chi connectivity index (χ1) is 9.36. The van der Waals surface area contributed by atoms with Gasteiger partial charge in [-0.2, -0.15) is 0 Å². The molecule has 0 saturated heterocycles. The number of aromatic nitrogens is 2. The van der Waals surface area contributed by atoms with E-state index in [2.05, 4.69) is 15.3 Å². The predicted octanol–water partition coefficient (Wildman–Crippen LogP) is 3.43. The smallest absolute Gasteiger partial charge is 0.106 e. The monoisotopic (exact) mass is 261 g/mol. The van der Waals surface area contributed by atoms with Gasteiger partial charge in [-0.3, -0.25) is 0 Å². The molecule has 0 aromatic carbocycles. The average Bonchev–Trinajstić information content (AvgIpc) is 3.09. The number of aromatic amines is 1. The van der Waals surface area contributed by atoms with Gasteiger partial charge in [-0.1, -0.05) is 12.8 Å². The van der Waals surface area contributed by atoms with Gasteiger partial charge >= 0.3 is 0 Å². The lowest BCUT2D eigenvalue weighted by Gasteiger charge is -2.37. The van der Waals surface area contributed by atoms with Crippen LogP contribution in [-0.2, 0) is 6.42 Å². The minimum absolute atomic E-state index is 0.770. The van der Waals surface area contributed by atoms with E-state index in [1.54, 1.807) is 0 Å². The molecule has 2 saturated carbocycles. The number of aryl methyl sites for hydroxylation is 1. The van der Waals surface area contributed by atoms with Crippen molar-refractivity contribution < 1.29 is 0 Å². The molecular weight excluding hydrogens is 234 g/mol. The molecule has 0 atom stereocenters. The molecule has 1 aromatic rings. The molecule has 0 amide bonds. The van der Waals surface area contributed by atoms with Gasteiger partial charge in [0.2, 0.25) is 0 Å². The van der Waals surface area contributed by atoms with Crippen LogP contribution in [0.4, 0.5) is 0 Å². The lowest BCUT2D eigenvalue weighted by Crippen LogP contribution is -2.37. The van der Waals surface area contributed by atoms with Crippen LogP contribution in [0.15, 0.2) is 12.4 Å². The van der Waals surface area contributed by atoms with Gasteiger partial charge in [-0.15, -0.1) is 0 Å². The summed E-state index contributed by atoms with van der Waals surface area (Å²) in [5.74, 6) is 1.12. The Morgan fingerprint density at radius 1 is 1.21 bits per heavy atom. The van der Waals surface area contributed by atoms with Crippen molar-refractivity contribution in [1.29, 1.82) is 0 Å². The molecule has 0 unspecified atom stereocenters. The zero-order chi connectivity index (χ0) is 13.0. The Morgan fingerprint density at radius 2 is 2.00 bits per heavy atom. The van der Waals surface area contributed by atoms with Crippen LogP contribution in [0.25, 0.3) is 0 Å². The first-order valence-electron chi connectivity index (χ1n) is 8.08. The molecule has 106 valence electrons. The third-order valence-electron chi connectivity index (χ3n) is 5.29. The molecule has 3 heteroatoms. The second-order valence-electron chi connectivity index (χ2n) is 6.57. The van der Waals surface area contributed by atoms with Gasteiger partial charge in [0.05, 0.1) is 0 Å². The summed E-state index contributed by atoms with van der Waals surface area (Å²) in [7, 11) is 0. The van der Waals surface area contributed by atoms with Crippen molar-refractivity contribution in [1.82, 2.24) is 15.3 Å². The summed E-state index contributed by atoms with van der Waals surface area (Å²) in [4.78, 5) is 7.43. The highest BCUT2D eigenvalue weighted by Gasteiger charge is 2.37. The van der Waals surface area contributed by atoms with Gasteiger partial charge < -0.3 is 10.3 Å². The van der Waals surface area contributed by atoms with E-state index in [0.29, 0.717) is 0 Å². The molecule has 0 bridgehead atoms. The van der Waals surface area contributed by atoms with Crippen LogP contribution < -0.4 is 5.32 Å². The molecule has 1 spiro atoms. The molecular formula is C16H27N3. The van der Waals surface area contributed by atoms with Crippen molar-refractivity contribution in [2.45, 2.75) is 70.3 Å². The fraction of sp³-hybridized carbons (Fsp3) is 0.812. The highest BCUT2D eigenvalue weighted by molar-refractivity contribution is 4.91. The molecule has 1 aromatic heterocycles. The highest BCUT2D eigenvalue weighted by Crippen LogP contribution is 2.48. The lowest BCUT2D eigenvalue weighted by molar-refractivity contribution is 0.168. The van der Waals surface area contributed by atoms with E-state index in [1.807, 2.05) is 12.4 Å². The van der Waals surface area contributed by atoms with E-state index in [9.17, 15) is 0 Å². The van der Waals surface area contributed by atoms with Crippen molar-refractivity contribution in [2.75, 3.05) is 6.54 Å². The first-order valence-corrected chi connectivity index (χ1v) is 8.08. The van der Waals surface area contributed by atoms with Gasteiger partial charge in [-0.05, 0) is 56.9 Å². The summed E-state index contributed by atoms with van der Waals surface area (Å²) in [6, 6.07) is 0.780. The van der Waals surface area contributed by atoms with E-state index in [-0.39, 0.29) is 0 Å². The number of nitrogens with one attached hydrogen (secondary N) is 2. The van der Waals surface area contributed by atoms with Crippen molar-refractivity contribution in [2.24, 2.45) is 5.41 Å². The number of hydrogen-bond donors (Lipinski definition) is 2. The molecule has 0 radical (unpaired) electrons. The Hall–Kier alpha value is -0.830. The second kappa shape index (κ2) is 6.08. The van der Waals surface area contributed by atoms with Crippen LogP contribution in [-0.4, -0.2) is 22.6 Å². The van der Waals surface area contributed by atoms with Crippen LogP contribution in [0.3, 0.4) is 0 Å². The van der Waals surface area contributed by atoms with Crippen molar-refractivity contribution in [3.8, 4) is 0 Å². The van der Waals surface area contributed by atoms with Crippen LogP contribution >= 0.6 is 0 Å². The van der Waals surface area contributed by atoms with E-state index < -0.39 is 0 Å². The Kier molecular flexibility index (Phi) is 4.21. The maximum absolute atomic E-state index is 4.27. The summed E-state index contributed by atoms with van der Waals surface area (Å²) < 4.78 is 0. The van der Waals surface area contributed by atoms with Crippen molar-refractivity contribution >= 4 is 0 Å². The molecule has 2 fully saturated rings.